The van der Waals surface area contributed by atoms with Gasteiger partial charge in [-0.05, 0) is 44.0 Å². The fourth-order valence-corrected chi connectivity index (χ4v) is 3.13. The van der Waals surface area contributed by atoms with Crippen LogP contribution in [0, 0.1) is 5.92 Å². The Hall–Kier alpha value is -1.32. The summed E-state index contributed by atoms with van der Waals surface area (Å²) in [5.41, 5.74) is 7.25. The number of nitrogens with two attached hydrogens (primary N) is 1. The molecule has 1 aromatic heterocycles. The van der Waals surface area contributed by atoms with E-state index in [0.29, 0.717) is 0 Å². The van der Waals surface area contributed by atoms with E-state index in [0.717, 1.165) is 29.2 Å². The summed E-state index contributed by atoms with van der Waals surface area (Å²) in [7, 11) is 0. The molecule has 0 spiro atoms. The van der Waals surface area contributed by atoms with E-state index in [9.17, 15) is 0 Å². The molecular weight excluding hydrogens is 248 g/mol. The number of benzene rings is 1. The van der Waals surface area contributed by atoms with Crippen LogP contribution in [-0.2, 0) is 0 Å². The molecule has 1 unspecified atom stereocenters. The SMILES string of the molecule is CCC1CCN(CC(N)c2cc3ccccc3o2)CC1. The molecule has 1 aromatic carbocycles. The van der Waals surface area contributed by atoms with Gasteiger partial charge in [-0.3, -0.25) is 0 Å². The third-order valence-electron chi connectivity index (χ3n) is 4.55. The minimum Gasteiger partial charge on any atom is -0.459 e. The highest BCUT2D eigenvalue weighted by molar-refractivity contribution is 5.77. The Kier molecular flexibility index (Phi) is 4.08. The van der Waals surface area contributed by atoms with E-state index in [-0.39, 0.29) is 6.04 Å². The number of furan rings is 1. The highest BCUT2D eigenvalue weighted by Gasteiger charge is 2.21. The largest absolute Gasteiger partial charge is 0.459 e. The molecule has 1 fully saturated rings. The second kappa shape index (κ2) is 5.98. The number of hydrogen-bond donors (Lipinski definition) is 1. The van der Waals surface area contributed by atoms with Gasteiger partial charge in [-0.2, -0.15) is 0 Å². The van der Waals surface area contributed by atoms with Crippen molar-refractivity contribution in [3.8, 4) is 0 Å². The Morgan fingerprint density at radius 1 is 1.30 bits per heavy atom. The summed E-state index contributed by atoms with van der Waals surface area (Å²) < 4.78 is 5.86. The highest BCUT2D eigenvalue weighted by Crippen LogP contribution is 2.25. The van der Waals surface area contributed by atoms with Crippen LogP contribution in [0.25, 0.3) is 11.0 Å². The molecule has 2 heterocycles. The molecule has 108 valence electrons. The van der Waals surface area contributed by atoms with Gasteiger partial charge in [0.1, 0.15) is 11.3 Å². The van der Waals surface area contributed by atoms with Crippen molar-refractivity contribution >= 4 is 11.0 Å². The lowest BCUT2D eigenvalue weighted by Gasteiger charge is -2.32. The molecule has 1 atom stereocenters. The van der Waals surface area contributed by atoms with Crippen molar-refractivity contribution in [3.05, 3.63) is 36.1 Å². The number of likely N-dealkylation sites (tertiary alicyclic amines) is 1. The van der Waals surface area contributed by atoms with E-state index < -0.39 is 0 Å². The first-order valence-corrected chi connectivity index (χ1v) is 7.72. The fourth-order valence-electron chi connectivity index (χ4n) is 3.13. The lowest BCUT2D eigenvalue weighted by molar-refractivity contribution is 0.169. The summed E-state index contributed by atoms with van der Waals surface area (Å²) in [6.07, 6.45) is 3.93. The maximum atomic E-state index is 6.32. The number of fused-ring (bicyclic) bond motifs is 1. The molecule has 20 heavy (non-hydrogen) atoms. The Bertz CT molecular complexity index is 522. The molecule has 0 aliphatic carbocycles. The first-order chi connectivity index (χ1) is 9.76. The van der Waals surface area contributed by atoms with E-state index in [4.69, 9.17) is 10.2 Å². The molecule has 3 nitrogen and oxygen atoms in total. The molecule has 0 amide bonds. The number of hydrogen-bond acceptors (Lipinski definition) is 3. The van der Waals surface area contributed by atoms with Crippen molar-refractivity contribution in [1.82, 2.24) is 4.90 Å². The van der Waals surface area contributed by atoms with Crippen molar-refractivity contribution < 1.29 is 4.42 Å². The lowest BCUT2D eigenvalue weighted by Crippen LogP contribution is -2.38. The molecule has 1 aliphatic rings. The third-order valence-corrected chi connectivity index (χ3v) is 4.55. The zero-order valence-electron chi connectivity index (χ0n) is 12.2. The lowest BCUT2D eigenvalue weighted by atomic mass is 9.94. The van der Waals surface area contributed by atoms with E-state index in [1.54, 1.807) is 0 Å². The number of piperidine rings is 1. The van der Waals surface area contributed by atoms with Crippen LogP contribution in [0.5, 0.6) is 0 Å². The number of nitrogens with zero attached hydrogens (tertiary/aromatic N) is 1. The molecule has 1 saturated heterocycles. The maximum absolute atomic E-state index is 6.32. The van der Waals surface area contributed by atoms with Crippen molar-refractivity contribution in [2.75, 3.05) is 19.6 Å². The second-order valence-corrected chi connectivity index (χ2v) is 5.95. The van der Waals surface area contributed by atoms with Crippen LogP contribution in [-0.4, -0.2) is 24.5 Å². The normalized spacial score (nSPS) is 19.5. The number of para-hydroxylation sites is 1. The maximum Gasteiger partial charge on any atom is 0.134 e. The molecule has 0 saturated carbocycles. The Labute approximate surface area is 120 Å². The second-order valence-electron chi connectivity index (χ2n) is 5.95. The van der Waals surface area contributed by atoms with Gasteiger partial charge in [-0.15, -0.1) is 0 Å². The minimum absolute atomic E-state index is 0.0272. The van der Waals surface area contributed by atoms with Crippen molar-refractivity contribution in [2.45, 2.75) is 32.2 Å². The fraction of sp³-hybridized carbons (Fsp3) is 0.529. The molecular formula is C17H24N2O. The Balaban J connectivity index is 1.63. The molecule has 1 aliphatic heterocycles. The summed E-state index contributed by atoms with van der Waals surface area (Å²) in [6.45, 7) is 5.54. The van der Waals surface area contributed by atoms with Crippen LogP contribution in [0.2, 0.25) is 0 Å². The minimum atomic E-state index is -0.0272. The van der Waals surface area contributed by atoms with Gasteiger partial charge in [0, 0.05) is 11.9 Å². The van der Waals surface area contributed by atoms with E-state index in [1.807, 2.05) is 18.2 Å². The van der Waals surface area contributed by atoms with Crippen molar-refractivity contribution in [3.63, 3.8) is 0 Å². The summed E-state index contributed by atoms with van der Waals surface area (Å²) in [5, 5.41) is 1.14. The van der Waals surface area contributed by atoms with Gasteiger partial charge in [-0.25, -0.2) is 0 Å². The molecule has 2 aromatic rings. The van der Waals surface area contributed by atoms with E-state index in [2.05, 4.69) is 24.0 Å². The van der Waals surface area contributed by atoms with Crippen molar-refractivity contribution in [1.29, 1.82) is 0 Å². The van der Waals surface area contributed by atoms with Crippen LogP contribution >= 0.6 is 0 Å². The highest BCUT2D eigenvalue weighted by atomic mass is 16.3. The molecule has 3 rings (SSSR count). The summed E-state index contributed by atoms with van der Waals surface area (Å²) in [6, 6.07) is 10.2. The van der Waals surface area contributed by atoms with Gasteiger partial charge in [0.2, 0.25) is 0 Å². The van der Waals surface area contributed by atoms with Gasteiger partial charge >= 0.3 is 0 Å². The Morgan fingerprint density at radius 3 is 2.75 bits per heavy atom. The van der Waals surface area contributed by atoms with Gasteiger partial charge in [0.25, 0.3) is 0 Å². The van der Waals surface area contributed by atoms with Gasteiger partial charge in [-0.1, -0.05) is 31.5 Å². The standard InChI is InChI=1S/C17H24N2O/c1-2-13-7-9-19(10-8-13)12-15(18)17-11-14-5-3-4-6-16(14)20-17/h3-6,11,13,15H,2,7-10,12,18H2,1H3. The van der Waals surface area contributed by atoms with E-state index in [1.165, 1.54) is 32.4 Å². The summed E-state index contributed by atoms with van der Waals surface area (Å²) in [5.74, 6) is 1.82. The molecule has 0 radical (unpaired) electrons. The first-order valence-electron chi connectivity index (χ1n) is 7.72. The summed E-state index contributed by atoms with van der Waals surface area (Å²) >= 11 is 0. The van der Waals surface area contributed by atoms with Gasteiger partial charge in [0.15, 0.2) is 0 Å². The topological polar surface area (TPSA) is 42.4 Å². The molecule has 2 N–H and O–H groups in total. The van der Waals surface area contributed by atoms with Crippen LogP contribution < -0.4 is 5.73 Å². The predicted octanol–water partition coefficient (Wildman–Crippen LogP) is 3.55. The zero-order valence-corrected chi connectivity index (χ0v) is 12.2. The summed E-state index contributed by atoms with van der Waals surface area (Å²) in [4.78, 5) is 2.48. The van der Waals surface area contributed by atoms with E-state index >= 15 is 0 Å². The zero-order chi connectivity index (χ0) is 13.9. The van der Waals surface area contributed by atoms with Gasteiger partial charge in [0.05, 0.1) is 6.04 Å². The third kappa shape index (κ3) is 2.89. The quantitative estimate of drug-likeness (QED) is 0.925. The van der Waals surface area contributed by atoms with Gasteiger partial charge < -0.3 is 15.1 Å². The molecule has 3 heteroatoms. The van der Waals surface area contributed by atoms with Crippen molar-refractivity contribution in [2.24, 2.45) is 11.7 Å². The monoisotopic (exact) mass is 272 g/mol. The smallest absolute Gasteiger partial charge is 0.134 e. The average Bonchev–Trinajstić information content (AvgIpc) is 2.92. The predicted molar refractivity (Wildman–Crippen MR) is 82.6 cm³/mol. The molecule has 0 bridgehead atoms. The van der Waals surface area contributed by atoms with Crippen LogP contribution in [0.1, 0.15) is 38.0 Å². The van der Waals surface area contributed by atoms with Crippen LogP contribution in [0.15, 0.2) is 34.7 Å². The van der Waals surface area contributed by atoms with Crippen LogP contribution in [0.3, 0.4) is 0 Å². The number of rotatable bonds is 4. The first kappa shape index (κ1) is 13.7. The Morgan fingerprint density at radius 2 is 2.05 bits per heavy atom. The average molecular weight is 272 g/mol. The van der Waals surface area contributed by atoms with Crippen LogP contribution in [0.4, 0.5) is 0 Å².